The van der Waals surface area contributed by atoms with Gasteiger partial charge in [-0.25, -0.2) is 0 Å². The Morgan fingerprint density at radius 3 is 2.36 bits per heavy atom. The van der Waals surface area contributed by atoms with Gasteiger partial charge in [0.25, 0.3) is 0 Å². The highest BCUT2D eigenvalue weighted by Crippen LogP contribution is 2.33. The Bertz CT molecular complexity index is 325. The van der Waals surface area contributed by atoms with E-state index in [9.17, 15) is 13.2 Å². The molecule has 0 aliphatic carbocycles. The molecular formula is C8H6ClF3O2. The lowest BCUT2D eigenvalue weighted by molar-refractivity contribution is -0.275. The van der Waals surface area contributed by atoms with Gasteiger partial charge in [-0.2, -0.15) is 0 Å². The Kier molecular flexibility index (Phi) is 3.10. The van der Waals surface area contributed by atoms with Gasteiger partial charge in [-0.1, -0.05) is 11.6 Å². The fraction of sp³-hybridized carbons (Fsp3) is 0.250. The van der Waals surface area contributed by atoms with Crippen molar-refractivity contribution < 1.29 is 22.6 Å². The Labute approximate surface area is 83.2 Å². The van der Waals surface area contributed by atoms with Gasteiger partial charge in [0.2, 0.25) is 0 Å². The van der Waals surface area contributed by atoms with Gasteiger partial charge in [-0.05, 0) is 12.1 Å². The van der Waals surface area contributed by atoms with E-state index >= 15 is 0 Å². The average molecular weight is 227 g/mol. The van der Waals surface area contributed by atoms with Gasteiger partial charge < -0.3 is 9.47 Å². The SMILES string of the molecule is COc1cc(Cl)ccc1OC(F)(F)F. The molecule has 0 N–H and O–H groups in total. The summed E-state index contributed by atoms with van der Waals surface area (Å²) in [5.74, 6) is -0.473. The van der Waals surface area contributed by atoms with Crippen LogP contribution in [0.1, 0.15) is 0 Å². The molecule has 2 nitrogen and oxygen atoms in total. The maximum Gasteiger partial charge on any atom is 0.573 e. The molecule has 78 valence electrons. The molecule has 0 atom stereocenters. The summed E-state index contributed by atoms with van der Waals surface area (Å²) in [6.45, 7) is 0. The van der Waals surface area contributed by atoms with Crippen LogP contribution in [0.2, 0.25) is 5.02 Å². The van der Waals surface area contributed by atoms with Crippen LogP contribution in [0.15, 0.2) is 18.2 Å². The minimum atomic E-state index is -4.74. The summed E-state index contributed by atoms with van der Waals surface area (Å²) in [5.41, 5.74) is 0. The zero-order valence-electron chi connectivity index (χ0n) is 7.06. The molecule has 14 heavy (non-hydrogen) atoms. The van der Waals surface area contributed by atoms with Gasteiger partial charge in [0.1, 0.15) is 0 Å². The summed E-state index contributed by atoms with van der Waals surface area (Å²) >= 11 is 5.55. The summed E-state index contributed by atoms with van der Waals surface area (Å²) < 4.78 is 43.9. The van der Waals surface area contributed by atoms with Crippen molar-refractivity contribution in [2.75, 3.05) is 7.11 Å². The van der Waals surface area contributed by atoms with E-state index in [4.69, 9.17) is 11.6 Å². The number of rotatable bonds is 2. The van der Waals surface area contributed by atoms with Crippen LogP contribution >= 0.6 is 11.6 Å². The van der Waals surface area contributed by atoms with Crippen molar-refractivity contribution in [3.05, 3.63) is 23.2 Å². The Balaban J connectivity index is 2.97. The first kappa shape index (κ1) is 11.0. The number of methoxy groups -OCH3 is 1. The fourth-order valence-electron chi connectivity index (χ4n) is 0.850. The number of hydrogen-bond donors (Lipinski definition) is 0. The van der Waals surface area contributed by atoms with E-state index in [2.05, 4.69) is 9.47 Å². The van der Waals surface area contributed by atoms with Crippen molar-refractivity contribution in [1.29, 1.82) is 0 Å². The third kappa shape index (κ3) is 2.99. The predicted octanol–water partition coefficient (Wildman–Crippen LogP) is 3.25. The second kappa shape index (κ2) is 3.96. The topological polar surface area (TPSA) is 18.5 Å². The van der Waals surface area contributed by atoms with Crippen molar-refractivity contribution in [2.24, 2.45) is 0 Å². The molecule has 1 rings (SSSR count). The van der Waals surface area contributed by atoms with Crippen LogP contribution in [0.25, 0.3) is 0 Å². The van der Waals surface area contributed by atoms with Gasteiger partial charge in [0, 0.05) is 11.1 Å². The minimum Gasteiger partial charge on any atom is -0.493 e. The Morgan fingerprint density at radius 2 is 1.86 bits per heavy atom. The fourth-order valence-corrected chi connectivity index (χ4v) is 1.01. The first-order valence-corrected chi connectivity index (χ1v) is 3.89. The molecule has 0 saturated heterocycles. The van der Waals surface area contributed by atoms with E-state index in [-0.39, 0.29) is 10.8 Å². The lowest BCUT2D eigenvalue weighted by atomic mass is 10.3. The normalized spacial score (nSPS) is 11.2. The molecule has 0 aromatic heterocycles. The minimum absolute atomic E-state index is 0.0603. The molecule has 6 heteroatoms. The molecule has 1 aromatic carbocycles. The maximum absolute atomic E-state index is 11.8. The lowest BCUT2D eigenvalue weighted by Gasteiger charge is -2.12. The molecule has 0 heterocycles. The number of alkyl halides is 3. The van der Waals surface area contributed by atoms with Crippen molar-refractivity contribution in [3.63, 3.8) is 0 Å². The van der Waals surface area contributed by atoms with Crippen LogP contribution in [0, 0.1) is 0 Å². The second-order valence-corrected chi connectivity index (χ2v) is 2.78. The standard InChI is InChI=1S/C8H6ClF3O2/c1-13-7-4-5(9)2-3-6(7)14-8(10,11)12/h2-4H,1H3. The van der Waals surface area contributed by atoms with Crippen molar-refractivity contribution in [1.82, 2.24) is 0 Å². The molecule has 0 fully saturated rings. The smallest absolute Gasteiger partial charge is 0.493 e. The van der Waals surface area contributed by atoms with E-state index < -0.39 is 12.1 Å². The largest absolute Gasteiger partial charge is 0.573 e. The van der Waals surface area contributed by atoms with Crippen molar-refractivity contribution in [2.45, 2.75) is 6.36 Å². The highest BCUT2D eigenvalue weighted by atomic mass is 35.5. The number of halogens is 4. The molecule has 1 aromatic rings. The zero-order valence-corrected chi connectivity index (χ0v) is 7.82. The number of benzene rings is 1. The summed E-state index contributed by atoms with van der Waals surface area (Å²) in [6.07, 6.45) is -4.74. The van der Waals surface area contributed by atoms with Crippen molar-refractivity contribution >= 4 is 11.6 Å². The second-order valence-electron chi connectivity index (χ2n) is 2.34. The molecule has 0 aliphatic rings. The molecule has 0 radical (unpaired) electrons. The molecule has 0 unspecified atom stereocenters. The zero-order chi connectivity index (χ0) is 10.8. The molecular weight excluding hydrogens is 221 g/mol. The van der Waals surface area contributed by atoms with Gasteiger partial charge in [-0.15, -0.1) is 13.2 Å². The molecule has 0 spiro atoms. The van der Waals surface area contributed by atoms with Gasteiger partial charge >= 0.3 is 6.36 Å². The lowest BCUT2D eigenvalue weighted by Crippen LogP contribution is -2.17. The third-order valence-corrected chi connectivity index (χ3v) is 1.59. The first-order valence-electron chi connectivity index (χ1n) is 3.51. The van der Waals surface area contributed by atoms with E-state index in [0.29, 0.717) is 0 Å². The van der Waals surface area contributed by atoms with Crippen molar-refractivity contribution in [3.8, 4) is 11.5 Å². The van der Waals surface area contributed by atoms with Gasteiger partial charge in [0.15, 0.2) is 11.5 Å². The van der Waals surface area contributed by atoms with Gasteiger partial charge in [-0.3, -0.25) is 0 Å². The number of ether oxygens (including phenoxy) is 2. The Hall–Kier alpha value is -1.10. The monoisotopic (exact) mass is 226 g/mol. The van der Waals surface area contributed by atoms with E-state index in [1.807, 2.05) is 0 Å². The maximum atomic E-state index is 11.8. The van der Waals surface area contributed by atoms with Crippen LogP contribution < -0.4 is 9.47 Å². The highest BCUT2D eigenvalue weighted by Gasteiger charge is 2.32. The summed E-state index contributed by atoms with van der Waals surface area (Å²) in [5, 5.41) is 0.274. The molecule has 0 amide bonds. The van der Waals surface area contributed by atoms with Gasteiger partial charge in [0.05, 0.1) is 7.11 Å². The molecule has 0 aliphatic heterocycles. The van der Waals surface area contributed by atoms with E-state index in [0.717, 1.165) is 6.07 Å². The summed E-state index contributed by atoms with van der Waals surface area (Å²) in [6, 6.07) is 3.61. The molecule has 0 bridgehead atoms. The molecule has 0 saturated carbocycles. The average Bonchev–Trinajstić information content (AvgIpc) is 2.06. The van der Waals surface area contributed by atoms with Crippen LogP contribution in [0.4, 0.5) is 13.2 Å². The van der Waals surface area contributed by atoms with E-state index in [1.54, 1.807) is 0 Å². The van der Waals surface area contributed by atoms with E-state index in [1.165, 1.54) is 19.2 Å². The third-order valence-electron chi connectivity index (χ3n) is 1.35. The van der Waals surface area contributed by atoms with Crippen LogP contribution in [-0.4, -0.2) is 13.5 Å². The van der Waals surface area contributed by atoms with Crippen LogP contribution in [0.3, 0.4) is 0 Å². The predicted molar refractivity (Wildman–Crippen MR) is 44.7 cm³/mol. The number of hydrogen-bond acceptors (Lipinski definition) is 2. The first-order chi connectivity index (χ1) is 6.42. The van der Waals surface area contributed by atoms with Crippen LogP contribution in [-0.2, 0) is 0 Å². The quantitative estimate of drug-likeness (QED) is 0.771. The summed E-state index contributed by atoms with van der Waals surface area (Å²) in [4.78, 5) is 0. The highest BCUT2D eigenvalue weighted by molar-refractivity contribution is 6.30. The summed E-state index contributed by atoms with van der Waals surface area (Å²) in [7, 11) is 1.23. The van der Waals surface area contributed by atoms with Crippen LogP contribution in [0.5, 0.6) is 11.5 Å². The Morgan fingerprint density at radius 1 is 1.21 bits per heavy atom.